The van der Waals surface area contributed by atoms with Gasteiger partial charge in [0.25, 0.3) is 0 Å². The monoisotopic (exact) mass is 347 g/mol. The molecule has 0 bridgehead atoms. The van der Waals surface area contributed by atoms with Crippen LogP contribution in [0.1, 0.15) is 11.1 Å². The Bertz CT molecular complexity index is 947. The normalized spacial score (nSPS) is 16.2. The number of methoxy groups -OCH3 is 2. The predicted molar refractivity (Wildman–Crippen MR) is 103 cm³/mol. The third-order valence-corrected chi connectivity index (χ3v) is 4.64. The van der Waals surface area contributed by atoms with Crippen LogP contribution in [-0.2, 0) is 11.3 Å². The topological polar surface area (TPSA) is 39.7 Å². The fourth-order valence-electron chi connectivity index (χ4n) is 3.25. The predicted octanol–water partition coefficient (Wildman–Crippen LogP) is 4.34. The van der Waals surface area contributed by atoms with Crippen LogP contribution in [0.2, 0.25) is 0 Å². The molecule has 1 aliphatic rings. The lowest BCUT2D eigenvalue weighted by Gasteiger charge is -2.13. The van der Waals surface area contributed by atoms with Crippen molar-refractivity contribution in [3.63, 3.8) is 0 Å². The van der Waals surface area contributed by atoms with Gasteiger partial charge in [0.1, 0.15) is 17.6 Å². The van der Waals surface area contributed by atoms with E-state index in [9.17, 15) is 0 Å². The average Bonchev–Trinajstić information content (AvgIpc) is 3.16. The van der Waals surface area contributed by atoms with Crippen molar-refractivity contribution in [3.8, 4) is 11.5 Å². The highest BCUT2D eigenvalue weighted by molar-refractivity contribution is 5.85. The van der Waals surface area contributed by atoms with Gasteiger partial charge in [-0.25, -0.2) is 0 Å². The van der Waals surface area contributed by atoms with Gasteiger partial charge in [-0.3, -0.25) is 10.3 Å². The fraction of sp³-hybridized carbons (Fsp3) is 0.182. The van der Waals surface area contributed by atoms with Crippen molar-refractivity contribution in [2.45, 2.75) is 12.5 Å². The van der Waals surface area contributed by atoms with Crippen LogP contribution < -0.4 is 15.0 Å². The molecule has 0 amide bonds. The van der Waals surface area contributed by atoms with Crippen LogP contribution in [0, 0.1) is 0 Å². The Morgan fingerprint density at radius 1 is 0.923 bits per heavy atom. The minimum atomic E-state index is -0.0536. The summed E-state index contributed by atoms with van der Waals surface area (Å²) in [5, 5.41) is 2.38. The molecule has 0 radical (unpaired) electrons. The number of ether oxygens (including phenoxy) is 2. The molecular formula is C22H21NO3. The van der Waals surface area contributed by atoms with E-state index in [1.165, 1.54) is 10.8 Å². The highest BCUT2D eigenvalue weighted by Gasteiger charge is 2.20. The quantitative estimate of drug-likeness (QED) is 0.745. The molecule has 0 saturated heterocycles. The first-order chi connectivity index (χ1) is 12.8. The van der Waals surface area contributed by atoms with Crippen molar-refractivity contribution in [3.05, 3.63) is 77.9 Å². The summed E-state index contributed by atoms with van der Waals surface area (Å²) in [5.74, 6) is 1.73. The first kappa shape index (κ1) is 16.5. The Labute approximate surface area is 153 Å². The van der Waals surface area contributed by atoms with E-state index in [2.05, 4.69) is 35.8 Å². The summed E-state index contributed by atoms with van der Waals surface area (Å²) >= 11 is 0. The maximum absolute atomic E-state index is 5.76. The molecule has 0 spiro atoms. The molecule has 4 nitrogen and oxygen atoms in total. The van der Waals surface area contributed by atoms with Crippen LogP contribution >= 0.6 is 0 Å². The van der Waals surface area contributed by atoms with Crippen molar-refractivity contribution >= 4 is 16.5 Å². The Morgan fingerprint density at radius 2 is 1.65 bits per heavy atom. The van der Waals surface area contributed by atoms with Gasteiger partial charge >= 0.3 is 0 Å². The molecule has 1 N–H and O–H groups in total. The van der Waals surface area contributed by atoms with Crippen LogP contribution in [-0.4, -0.2) is 20.3 Å². The Kier molecular flexibility index (Phi) is 4.50. The first-order valence-corrected chi connectivity index (χ1v) is 8.60. The molecule has 3 aromatic rings. The smallest absolute Gasteiger partial charge is 0.122 e. The summed E-state index contributed by atoms with van der Waals surface area (Å²) in [5.41, 5.74) is 6.20. The molecular weight excluding hydrogens is 326 g/mol. The third kappa shape index (κ3) is 3.24. The van der Waals surface area contributed by atoms with Gasteiger partial charge in [0, 0.05) is 6.42 Å². The van der Waals surface area contributed by atoms with E-state index in [1.54, 1.807) is 14.2 Å². The molecule has 1 unspecified atom stereocenters. The van der Waals surface area contributed by atoms with E-state index in [4.69, 9.17) is 14.3 Å². The van der Waals surface area contributed by atoms with Crippen molar-refractivity contribution in [1.29, 1.82) is 0 Å². The molecule has 0 aromatic heterocycles. The summed E-state index contributed by atoms with van der Waals surface area (Å²) in [6, 6.07) is 20.5. The Balaban J connectivity index is 1.57. The molecule has 26 heavy (non-hydrogen) atoms. The minimum Gasteiger partial charge on any atom is -0.497 e. The number of fused-ring (bicyclic) bond motifs is 1. The fourth-order valence-corrected chi connectivity index (χ4v) is 3.25. The first-order valence-electron chi connectivity index (χ1n) is 8.60. The standard InChI is InChI=1S/C22H21NO3/c1-24-19-9-7-15(8-10-19)21-14-20(26-23-21)12-18-11-16-5-3-4-6-17(16)13-22(18)25-2/h3-11,13-14,20,23H,12H2,1-2H3. The Morgan fingerprint density at radius 3 is 2.35 bits per heavy atom. The number of rotatable bonds is 5. The summed E-state index contributed by atoms with van der Waals surface area (Å²) in [6.45, 7) is 0. The van der Waals surface area contributed by atoms with E-state index >= 15 is 0 Å². The molecule has 1 aliphatic heterocycles. The van der Waals surface area contributed by atoms with Crippen LogP contribution in [0.3, 0.4) is 0 Å². The number of hydrogen-bond acceptors (Lipinski definition) is 4. The van der Waals surface area contributed by atoms with Crippen LogP contribution in [0.15, 0.2) is 66.7 Å². The SMILES string of the molecule is COc1ccc(C2=CC(Cc3cc4ccccc4cc3OC)ON2)cc1. The lowest BCUT2D eigenvalue weighted by atomic mass is 10.0. The third-order valence-electron chi connectivity index (χ3n) is 4.64. The number of hydroxylamine groups is 1. The summed E-state index contributed by atoms with van der Waals surface area (Å²) in [4.78, 5) is 5.76. The number of benzene rings is 3. The van der Waals surface area contributed by atoms with Gasteiger partial charge in [-0.2, -0.15) is 0 Å². The molecule has 1 atom stereocenters. The molecule has 1 heterocycles. The van der Waals surface area contributed by atoms with Crippen LogP contribution in [0.4, 0.5) is 0 Å². The van der Waals surface area contributed by atoms with Crippen molar-refractivity contribution in [1.82, 2.24) is 5.48 Å². The van der Waals surface area contributed by atoms with Gasteiger partial charge in [0.15, 0.2) is 0 Å². The van der Waals surface area contributed by atoms with E-state index < -0.39 is 0 Å². The zero-order valence-electron chi connectivity index (χ0n) is 14.9. The minimum absolute atomic E-state index is 0.0536. The maximum atomic E-state index is 5.76. The second-order valence-electron chi connectivity index (χ2n) is 6.28. The molecule has 0 aliphatic carbocycles. The molecule has 132 valence electrons. The van der Waals surface area contributed by atoms with Crippen molar-refractivity contribution < 1.29 is 14.3 Å². The van der Waals surface area contributed by atoms with E-state index in [0.717, 1.165) is 34.7 Å². The van der Waals surface area contributed by atoms with Crippen molar-refractivity contribution in [2.75, 3.05) is 14.2 Å². The highest BCUT2D eigenvalue weighted by atomic mass is 16.7. The largest absolute Gasteiger partial charge is 0.497 e. The van der Waals surface area contributed by atoms with E-state index in [0.29, 0.717) is 0 Å². The lowest BCUT2D eigenvalue weighted by molar-refractivity contribution is 0.0516. The van der Waals surface area contributed by atoms with Gasteiger partial charge in [-0.15, -0.1) is 0 Å². The zero-order chi connectivity index (χ0) is 17.9. The van der Waals surface area contributed by atoms with Crippen molar-refractivity contribution in [2.24, 2.45) is 0 Å². The van der Waals surface area contributed by atoms with Gasteiger partial charge in [-0.05, 0) is 64.4 Å². The summed E-state index contributed by atoms with van der Waals surface area (Å²) in [6.07, 6.45) is 2.79. The molecule has 4 rings (SSSR count). The van der Waals surface area contributed by atoms with Crippen LogP contribution in [0.5, 0.6) is 11.5 Å². The van der Waals surface area contributed by atoms with Gasteiger partial charge in [0.05, 0.1) is 19.9 Å². The molecule has 0 saturated carbocycles. The highest BCUT2D eigenvalue weighted by Crippen LogP contribution is 2.29. The Hall–Kier alpha value is -2.98. The van der Waals surface area contributed by atoms with Gasteiger partial charge in [-0.1, -0.05) is 24.3 Å². The second kappa shape index (κ2) is 7.10. The van der Waals surface area contributed by atoms with E-state index in [1.807, 2.05) is 36.4 Å². The maximum Gasteiger partial charge on any atom is 0.122 e. The molecule has 0 fully saturated rings. The molecule has 3 aromatic carbocycles. The number of hydrogen-bond donors (Lipinski definition) is 1. The number of nitrogens with one attached hydrogen (secondary N) is 1. The summed E-state index contributed by atoms with van der Waals surface area (Å²) in [7, 11) is 3.37. The van der Waals surface area contributed by atoms with Gasteiger partial charge in [0.2, 0.25) is 0 Å². The van der Waals surface area contributed by atoms with Crippen LogP contribution in [0.25, 0.3) is 16.5 Å². The molecule has 4 heteroatoms. The summed E-state index contributed by atoms with van der Waals surface area (Å²) < 4.78 is 10.8. The van der Waals surface area contributed by atoms with E-state index in [-0.39, 0.29) is 6.10 Å². The van der Waals surface area contributed by atoms with Gasteiger partial charge < -0.3 is 9.47 Å². The zero-order valence-corrected chi connectivity index (χ0v) is 14.9. The average molecular weight is 347 g/mol. The second-order valence-corrected chi connectivity index (χ2v) is 6.28. The lowest BCUT2D eigenvalue weighted by Crippen LogP contribution is -2.15.